The largest absolute Gasteiger partial charge is 0.339 e. The van der Waals surface area contributed by atoms with Gasteiger partial charge in [0.05, 0.1) is 0 Å². The number of rotatable bonds is 5. The van der Waals surface area contributed by atoms with Gasteiger partial charge in [-0.25, -0.2) is 0 Å². The number of carbonyl (C=O) groups excluding carboxylic acids is 1. The van der Waals surface area contributed by atoms with Crippen molar-refractivity contribution < 1.29 is 4.79 Å². The molecule has 2 aromatic heterocycles. The van der Waals surface area contributed by atoms with Crippen molar-refractivity contribution >= 4 is 42.1 Å². The summed E-state index contributed by atoms with van der Waals surface area (Å²) in [5.74, 6) is 0.663. The van der Waals surface area contributed by atoms with Crippen molar-refractivity contribution in [3.8, 4) is 0 Å². The zero-order valence-corrected chi connectivity index (χ0v) is 18.4. The zero-order valence-electron chi connectivity index (χ0n) is 16.0. The molecule has 2 aliphatic rings. The van der Waals surface area contributed by atoms with E-state index < -0.39 is 0 Å². The third kappa shape index (κ3) is 5.70. The van der Waals surface area contributed by atoms with E-state index in [4.69, 9.17) is 0 Å². The molecule has 1 atom stereocenters. The van der Waals surface area contributed by atoms with Crippen LogP contribution in [0.4, 0.5) is 0 Å². The summed E-state index contributed by atoms with van der Waals surface area (Å²) in [4.78, 5) is 18.6. The predicted octanol–water partition coefficient (Wildman–Crippen LogP) is 2.60. The lowest BCUT2D eigenvalue weighted by Crippen LogP contribution is -2.49. The van der Waals surface area contributed by atoms with E-state index in [9.17, 15) is 4.79 Å². The maximum Gasteiger partial charge on any atom is 0.244 e. The highest BCUT2D eigenvalue weighted by Gasteiger charge is 2.24. The Bertz CT molecular complexity index is 710. The van der Waals surface area contributed by atoms with Crippen LogP contribution in [0.15, 0.2) is 29.8 Å². The Morgan fingerprint density at radius 1 is 1.21 bits per heavy atom. The van der Waals surface area contributed by atoms with E-state index in [-0.39, 0.29) is 30.7 Å². The number of aromatic nitrogens is 2. The van der Waals surface area contributed by atoms with E-state index >= 15 is 0 Å². The highest BCUT2D eigenvalue weighted by molar-refractivity contribution is 7.09. The van der Waals surface area contributed by atoms with E-state index in [0.717, 1.165) is 45.8 Å². The Balaban J connectivity index is 0.00000140. The topological polar surface area (TPSA) is 53.4 Å². The zero-order chi connectivity index (χ0) is 17.8. The van der Waals surface area contributed by atoms with Crippen LogP contribution >= 0.6 is 36.2 Å². The smallest absolute Gasteiger partial charge is 0.244 e. The predicted molar refractivity (Wildman–Crippen MR) is 118 cm³/mol. The standard InChI is InChI=1S/C19H27N5OS.2ClH/c25-19(15-24-18(5-7-21-24)16-3-1-6-20-13-16)23-10-8-22(9-11-23)14-17-4-2-12-26-17;;/h2,4-5,7,12,16,20H,1,3,6,8-11,13-15H2;2*1H. The first kappa shape index (κ1) is 23.2. The molecule has 4 heterocycles. The second-order valence-electron chi connectivity index (χ2n) is 7.19. The highest BCUT2D eigenvalue weighted by atomic mass is 35.5. The lowest BCUT2D eigenvalue weighted by molar-refractivity contribution is -0.133. The molecule has 0 bridgehead atoms. The van der Waals surface area contributed by atoms with Crippen molar-refractivity contribution in [1.29, 1.82) is 0 Å². The Kier molecular flexibility index (Phi) is 9.24. The third-order valence-corrected chi connectivity index (χ3v) is 6.30. The van der Waals surface area contributed by atoms with Crippen LogP contribution in [-0.4, -0.2) is 64.8 Å². The maximum absolute atomic E-state index is 12.8. The van der Waals surface area contributed by atoms with Crippen molar-refractivity contribution in [2.24, 2.45) is 0 Å². The van der Waals surface area contributed by atoms with Crippen LogP contribution in [0, 0.1) is 0 Å². The molecule has 1 amide bonds. The Morgan fingerprint density at radius 2 is 2.04 bits per heavy atom. The lowest BCUT2D eigenvalue weighted by atomic mass is 9.96. The van der Waals surface area contributed by atoms with Crippen molar-refractivity contribution in [2.75, 3.05) is 39.3 Å². The number of nitrogens with one attached hydrogen (secondary N) is 1. The molecule has 1 unspecified atom stereocenters. The number of hydrogen-bond acceptors (Lipinski definition) is 5. The molecule has 2 fully saturated rings. The average molecular weight is 446 g/mol. The fourth-order valence-corrected chi connectivity index (χ4v) is 4.68. The minimum absolute atomic E-state index is 0. The normalized spacial score (nSPS) is 20.3. The van der Waals surface area contributed by atoms with Gasteiger partial charge in [0.1, 0.15) is 6.54 Å². The van der Waals surface area contributed by atoms with Gasteiger partial charge in [-0.05, 0) is 36.9 Å². The summed E-state index contributed by atoms with van der Waals surface area (Å²) in [6.07, 6.45) is 4.19. The fraction of sp³-hybridized carbons (Fsp3) is 0.579. The molecule has 2 saturated heterocycles. The van der Waals surface area contributed by atoms with Crippen LogP contribution in [0.2, 0.25) is 0 Å². The molecule has 0 radical (unpaired) electrons. The van der Waals surface area contributed by atoms with Gasteiger partial charge in [0, 0.05) is 62.0 Å². The highest BCUT2D eigenvalue weighted by Crippen LogP contribution is 2.23. The average Bonchev–Trinajstić information content (AvgIpc) is 3.35. The minimum Gasteiger partial charge on any atom is -0.339 e. The molecule has 9 heteroatoms. The maximum atomic E-state index is 12.8. The molecular weight excluding hydrogens is 417 g/mol. The Labute approximate surface area is 183 Å². The number of thiophene rings is 1. The molecule has 2 aromatic rings. The number of piperazine rings is 1. The summed E-state index contributed by atoms with van der Waals surface area (Å²) in [6, 6.07) is 6.36. The molecule has 0 aliphatic carbocycles. The van der Waals surface area contributed by atoms with Crippen molar-refractivity contribution in [3.63, 3.8) is 0 Å². The first-order valence-corrected chi connectivity index (χ1v) is 10.4. The first-order chi connectivity index (χ1) is 12.8. The van der Waals surface area contributed by atoms with E-state index in [2.05, 4.69) is 38.9 Å². The van der Waals surface area contributed by atoms with Gasteiger partial charge in [-0.2, -0.15) is 5.10 Å². The fourth-order valence-electron chi connectivity index (χ4n) is 3.93. The number of nitrogens with zero attached hydrogens (tertiary/aromatic N) is 4. The van der Waals surface area contributed by atoms with Crippen molar-refractivity contribution in [1.82, 2.24) is 24.9 Å². The Hall–Kier alpha value is -1.12. The van der Waals surface area contributed by atoms with Crippen LogP contribution in [0.25, 0.3) is 0 Å². The van der Waals surface area contributed by atoms with Gasteiger partial charge < -0.3 is 10.2 Å². The summed E-state index contributed by atoms with van der Waals surface area (Å²) in [6.45, 7) is 6.96. The second-order valence-corrected chi connectivity index (χ2v) is 8.23. The lowest BCUT2D eigenvalue weighted by Gasteiger charge is -2.34. The number of carbonyl (C=O) groups is 1. The summed E-state index contributed by atoms with van der Waals surface area (Å²) in [5, 5.41) is 10.00. The number of piperidine rings is 1. The van der Waals surface area contributed by atoms with Gasteiger partial charge in [-0.1, -0.05) is 6.07 Å². The van der Waals surface area contributed by atoms with Crippen molar-refractivity contribution in [3.05, 3.63) is 40.3 Å². The number of hydrogen-bond donors (Lipinski definition) is 1. The first-order valence-electron chi connectivity index (χ1n) is 9.54. The minimum atomic E-state index is 0. The molecular formula is C19H29Cl2N5OS. The van der Waals surface area contributed by atoms with Gasteiger partial charge >= 0.3 is 0 Å². The molecule has 28 heavy (non-hydrogen) atoms. The molecule has 2 aliphatic heterocycles. The van der Waals surface area contributed by atoms with E-state index in [1.54, 1.807) is 11.3 Å². The number of halogens is 2. The van der Waals surface area contributed by atoms with Gasteiger partial charge in [-0.15, -0.1) is 36.2 Å². The van der Waals surface area contributed by atoms with E-state index in [1.807, 2.05) is 15.8 Å². The van der Waals surface area contributed by atoms with Gasteiger partial charge in [0.15, 0.2) is 0 Å². The molecule has 156 valence electrons. The molecule has 6 nitrogen and oxygen atoms in total. The van der Waals surface area contributed by atoms with Gasteiger partial charge in [-0.3, -0.25) is 14.4 Å². The van der Waals surface area contributed by atoms with Crippen LogP contribution in [0.3, 0.4) is 0 Å². The molecule has 4 rings (SSSR count). The molecule has 0 spiro atoms. The van der Waals surface area contributed by atoms with E-state index in [1.165, 1.54) is 23.4 Å². The second kappa shape index (κ2) is 11.2. The monoisotopic (exact) mass is 445 g/mol. The van der Waals surface area contributed by atoms with Crippen LogP contribution in [-0.2, 0) is 17.9 Å². The van der Waals surface area contributed by atoms with Gasteiger partial charge in [0.25, 0.3) is 0 Å². The Morgan fingerprint density at radius 3 is 2.71 bits per heavy atom. The number of amides is 1. The van der Waals surface area contributed by atoms with Crippen molar-refractivity contribution in [2.45, 2.75) is 31.8 Å². The van der Waals surface area contributed by atoms with Crippen LogP contribution in [0.1, 0.15) is 29.3 Å². The van der Waals surface area contributed by atoms with Crippen LogP contribution in [0.5, 0.6) is 0 Å². The molecule has 1 N–H and O–H groups in total. The molecule has 0 aromatic carbocycles. The van der Waals surface area contributed by atoms with E-state index in [0.29, 0.717) is 12.5 Å². The molecule has 0 saturated carbocycles. The third-order valence-electron chi connectivity index (χ3n) is 5.43. The SMILES string of the molecule is Cl.Cl.O=C(Cn1nccc1C1CCCNC1)N1CCN(Cc2cccs2)CC1. The summed E-state index contributed by atoms with van der Waals surface area (Å²) in [7, 11) is 0. The summed E-state index contributed by atoms with van der Waals surface area (Å²) >= 11 is 1.80. The summed E-state index contributed by atoms with van der Waals surface area (Å²) < 4.78 is 1.91. The quantitative estimate of drug-likeness (QED) is 0.768. The summed E-state index contributed by atoms with van der Waals surface area (Å²) in [5.41, 5.74) is 1.20. The van der Waals surface area contributed by atoms with Gasteiger partial charge in [0.2, 0.25) is 5.91 Å². The van der Waals surface area contributed by atoms with Crippen LogP contribution < -0.4 is 5.32 Å².